The van der Waals surface area contributed by atoms with Crippen molar-refractivity contribution in [3.05, 3.63) is 56.8 Å². The van der Waals surface area contributed by atoms with Gasteiger partial charge in [0.15, 0.2) is 11.5 Å². The van der Waals surface area contributed by atoms with E-state index in [0.29, 0.717) is 29.7 Å². The number of benzene rings is 2. The van der Waals surface area contributed by atoms with E-state index in [-0.39, 0.29) is 39.2 Å². The zero-order valence-corrected chi connectivity index (χ0v) is 23.8. The Morgan fingerprint density at radius 1 is 0.757 bits per heavy atom. The minimum absolute atomic E-state index is 0.0632. The van der Waals surface area contributed by atoms with Crippen molar-refractivity contribution >= 4 is 21.9 Å². The largest absolute Gasteiger partial charge is 0.507 e. The molecule has 0 atom stereocenters. The van der Waals surface area contributed by atoms with Crippen LogP contribution in [0.5, 0.6) is 23.0 Å². The van der Waals surface area contributed by atoms with Gasteiger partial charge >= 0.3 is 0 Å². The van der Waals surface area contributed by atoms with Crippen molar-refractivity contribution in [3.63, 3.8) is 0 Å². The molecule has 37 heavy (non-hydrogen) atoms. The van der Waals surface area contributed by atoms with Crippen LogP contribution in [0.25, 0.3) is 21.9 Å². The van der Waals surface area contributed by atoms with E-state index in [0.717, 1.165) is 11.1 Å². The molecule has 1 heterocycles. The highest BCUT2D eigenvalue weighted by Gasteiger charge is 2.26. The monoisotopic (exact) mass is 508 g/mol. The molecule has 0 aliphatic carbocycles. The molecule has 1 aromatic heterocycles. The standard InChI is InChI=1S/C31H40O6/c1-17(2)11-13-19-21(36-30(5,6)7)15-23-26(28(19)33)29(34)25-20(14-12-18(3)4)27(32)24(16-22(25)35-23)37-31(8,9)10/h11-12,15-16,32-33H,13-14H2,1-10H3. The second-order valence-corrected chi connectivity index (χ2v) is 12.0. The lowest BCUT2D eigenvalue weighted by atomic mass is 9.98. The first-order valence-electron chi connectivity index (χ1n) is 12.6. The number of hydrogen-bond acceptors (Lipinski definition) is 6. The quantitative estimate of drug-likeness (QED) is 0.262. The Bertz CT molecular complexity index is 1450. The normalized spacial score (nSPS) is 12.1. The third kappa shape index (κ3) is 6.48. The maximum absolute atomic E-state index is 14.0. The molecule has 0 amide bonds. The molecule has 0 aliphatic rings. The molecular formula is C31H40O6. The van der Waals surface area contributed by atoms with Crippen LogP contribution in [0, 0.1) is 0 Å². The molecule has 2 N–H and O–H groups in total. The third-order valence-corrected chi connectivity index (χ3v) is 5.59. The zero-order chi connectivity index (χ0) is 27.9. The lowest BCUT2D eigenvalue weighted by molar-refractivity contribution is 0.126. The predicted octanol–water partition coefficient (Wildman–Crippen LogP) is 7.73. The molecule has 3 rings (SSSR count). The van der Waals surface area contributed by atoms with Crippen LogP contribution in [-0.2, 0) is 12.8 Å². The second kappa shape index (κ2) is 10.2. The van der Waals surface area contributed by atoms with Gasteiger partial charge in [0.05, 0.1) is 5.39 Å². The van der Waals surface area contributed by atoms with E-state index in [4.69, 9.17) is 13.9 Å². The summed E-state index contributed by atoms with van der Waals surface area (Å²) in [6.45, 7) is 19.2. The van der Waals surface area contributed by atoms with Gasteiger partial charge in [-0.05, 0) is 82.1 Å². The molecule has 200 valence electrons. The Morgan fingerprint density at radius 3 is 1.73 bits per heavy atom. The Hall–Kier alpha value is -3.41. The Labute approximate surface area is 219 Å². The Kier molecular flexibility index (Phi) is 7.73. The lowest BCUT2D eigenvalue weighted by Crippen LogP contribution is -2.24. The van der Waals surface area contributed by atoms with Gasteiger partial charge in [0, 0.05) is 23.3 Å². The van der Waals surface area contributed by atoms with Gasteiger partial charge in [0.25, 0.3) is 0 Å². The third-order valence-electron chi connectivity index (χ3n) is 5.59. The Morgan fingerprint density at radius 2 is 1.22 bits per heavy atom. The number of fused-ring (bicyclic) bond motifs is 2. The molecule has 0 radical (unpaired) electrons. The van der Waals surface area contributed by atoms with Crippen LogP contribution < -0.4 is 14.9 Å². The highest BCUT2D eigenvalue weighted by Crippen LogP contribution is 2.42. The summed E-state index contributed by atoms with van der Waals surface area (Å²) in [7, 11) is 0. The minimum atomic E-state index is -0.581. The molecule has 3 aromatic rings. The van der Waals surface area contributed by atoms with E-state index < -0.39 is 16.6 Å². The van der Waals surface area contributed by atoms with Crippen LogP contribution in [0.4, 0.5) is 0 Å². The van der Waals surface area contributed by atoms with E-state index in [1.54, 1.807) is 12.1 Å². The van der Waals surface area contributed by atoms with E-state index in [9.17, 15) is 15.0 Å². The van der Waals surface area contributed by atoms with Gasteiger partial charge in [-0.3, -0.25) is 4.79 Å². The summed E-state index contributed by atoms with van der Waals surface area (Å²) in [4.78, 5) is 14.0. The predicted molar refractivity (Wildman–Crippen MR) is 150 cm³/mol. The number of phenols is 2. The van der Waals surface area contributed by atoms with Crippen molar-refractivity contribution < 1.29 is 24.1 Å². The Balaban J connectivity index is 2.47. The molecule has 0 saturated carbocycles. The van der Waals surface area contributed by atoms with Crippen molar-refractivity contribution in [2.24, 2.45) is 0 Å². The number of ether oxygens (including phenoxy) is 2. The summed E-state index contributed by atoms with van der Waals surface area (Å²) in [5, 5.41) is 22.9. The zero-order valence-electron chi connectivity index (χ0n) is 23.8. The molecule has 0 fully saturated rings. The molecule has 0 saturated heterocycles. The second-order valence-electron chi connectivity index (χ2n) is 12.0. The molecule has 0 bridgehead atoms. The fraction of sp³-hybridized carbons (Fsp3) is 0.452. The molecule has 0 spiro atoms. The smallest absolute Gasteiger partial charge is 0.204 e. The van der Waals surface area contributed by atoms with E-state index in [1.165, 1.54) is 0 Å². The number of phenolic OH excluding ortho intramolecular Hbond substituents is 2. The summed E-state index contributed by atoms with van der Waals surface area (Å²) in [5.41, 5.74) is 1.97. The molecular weight excluding hydrogens is 468 g/mol. The van der Waals surface area contributed by atoms with Gasteiger partial charge in [-0.2, -0.15) is 0 Å². The maximum Gasteiger partial charge on any atom is 0.204 e. The van der Waals surface area contributed by atoms with Gasteiger partial charge in [-0.1, -0.05) is 23.3 Å². The van der Waals surface area contributed by atoms with Crippen LogP contribution >= 0.6 is 0 Å². The van der Waals surface area contributed by atoms with Gasteiger partial charge in [0.2, 0.25) is 5.43 Å². The van der Waals surface area contributed by atoms with Crippen molar-refractivity contribution in [1.82, 2.24) is 0 Å². The summed E-state index contributed by atoms with van der Waals surface area (Å²) < 4.78 is 18.4. The van der Waals surface area contributed by atoms with Crippen molar-refractivity contribution in [1.29, 1.82) is 0 Å². The molecule has 2 aromatic carbocycles. The summed E-state index contributed by atoms with van der Waals surface area (Å²) in [6, 6.07) is 3.21. The highest BCUT2D eigenvalue weighted by molar-refractivity contribution is 5.97. The van der Waals surface area contributed by atoms with Crippen LogP contribution in [-0.4, -0.2) is 21.4 Å². The van der Waals surface area contributed by atoms with Crippen LogP contribution in [0.3, 0.4) is 0 Å². The summed E-state index contributed by atoms with van der Waals surface area (Å²) in [5.74, 6) is 0.401. The summed E-state index contributed by atoms with van der Waals surface area (Å²) in [6.07, 6.45) is 4.60. The van der Waals surface area contributed by atoms with Crippen molar-refractivity contribution in [3.8, 4) is 23.0 Å². The number of rotatable bonds is 6. The fourth-order valence-electron chi connectivity index (χ4n) is 4.05. The van der Waals surface area contributed by atoms with E-state index in [1.807, 2.05) is 81.4 Å². The first-order valence-corrected chi connectivity index (χ1v) is 12.6. The van der Waals surface area contributed by atoms with E-state index >= 15 is 0 Å². The molecule has 0 unspecified atom stereocenters. The van der Waals surface area contributed by atoms with Gasteiger partial charge < -0.3 is 24.1 Å². The SMILES string of the molecule is CC(C)=CCc1c(OC(C)(C)C)cc2oc3cc(OC(C)(C)C)c(O)c(CC=C(C)C)c3c(=O)c2c1O. The molecule has 6 heteroatoms. The summed E-state index contributed by atoms with van der Waals surface area (Å²) >= 11 is 0. The van der Waals surface area contributed by atoms with Crippen LogP contribution in [0.1, 0.15) is 80.4 Å². The number of hydrogen-bond donors (Lipinski definition) is 2. The molecule has 0 aliphatic heterocycles. The van der Waals surface area contributed by atoms with Crippen LogP contribution in [0.15, 0.2) is 44.6 Å². The van der Waals surface area contributed by atoms with Crippen molar-refractivity contribution in [2.45, 2.75) is 93.3 Å². The average Bonchev–Trinajstić information content (AvgIpc) is 2.71. The lowest BCUT2D eigenvalue weighted by Gasteiger charge is -2.24. The van der Waals surface area contributed by atoms with Crippen LogP contribution in [0.2, 0.25) is 0 Å². The minimum Gasteiger partial charge on any atom is -0.507 e. The highest BCUT2D eigenvalue weighted by atomic mass is 16.5. The van der Waals surface area contributed by atoms with E-state index in [2.05, 4.69) is 0 Å². The first kappa shape index (κ1) is 28.2. The van der Waals surface area contributed by atoms with Gasteiger partial charge in [-0.25, -0.2) is 0 Å². The van der Waals surface area contributed by atoms with Crippen molar-refractivity contribution in [2.75, 3.05) is 0 Å². The first-order chi connectivity index (χ1) is 17.0. The fourth-order valence-corrected chi connectivity index (χ4v) is 4.05. The van der Waals surface area contributed by atoms with Gasteiger partial charge in [0.1, 0.15) is 39.3 Å². The maximum atomic E-state index is 14.0. The topological polar surface area (TPSA) is 89.1 Å². The molecule has 6 nitrogen and oxygen atoms in total. The number of aromatic hydroxyl groups is 2. The average molecular weight is 509 g/mol. The van der Waals surface area contributed by atoms with Gasteiger partial charge in [-0.15, -0.1) is 0 Å². The number of allylic oxidation sites excluding steroid dienone is 4.